The number of hydrogen-bond donors (Lipinski definition) is 1. The summed E-state index contributed by atoms with van der Waals surface area (Å²) >= 11 is 3.25. The van der Waals surface area contributed by atoms with E-state index in [1.54, 1.807) is 23.1 Å². The smallest absolute Gasteiger partial charge is 0.157 e. The van der Waals surface area contributed by atoms with Crippen molar-refractivity contribution >= 4 is 39.0 Å². The first kappa shape index (κ1) is 12.4. The lowest BCUT2D eigenvalue weighted by Gasteiger charge is -2.00. The van der Waals surface area contributed by atoms with Gasteiger partial charge < -0.3 is 5.73 Å². The molecule has 5 heteroatoms. The second-order valence-corrected chi connectivity index (χ2v) is 6.73. The van der Waals surface area contributed by atoms with Crippen molar-refractivity contribution in [2.45, 2.75) is 23.2 Å². The highest BCUT2D eigenvalue weighted by atomic mass is 32.2. The molecule has 2 aromatic heterocycles. The van der Waals surface area contributed by atoms with Gasteiger partial charge in [0, 0.05) is 11.4 Å². The Morgan fingerprint density at radius 3 is 2.74 bits per heavy atom. The van der Waals surface area contributed by atoms with Gasteiger partial charge >= 0.3 is 0 Å². The van der Waals surface area contributed by atoms with Crippen LogP contribution in [0.5, 0.6) is 0 Å². The third kappa shape index (κ3) is 2.72. The van der Waals surface area contributed by atoms with Crippen molar-refractivity contribution < 1.29 is 0 Å². The molecule has 0 radical (unpaired) electrons. The van der Waals surface area contributed by atoms with Crippen LogP contribution in [0.2, 0.25) is 0 Å². The molecule has 0 bridgehead atoms. The van der Waals surface area contributed by atoms with E-state index in [0.29, 0.717) is 0 Å². The molecular weight excluding hydrogens is 274 g/mol. The lowest BCUT2D eigenvalue weighted by Crippen LogP contribution is -1.86. The van der Waals surface area contributed by atoms with Gasteiger partial charge in [-0.15, -0.1) is 11.3 Å². The fourth-order valence-corrected chi connectivity index (χ4v) is 4.10. The number of hydrogen-bond acceptors (Lipinski definition) is 5. The number of nitrogens with zero attached hydrogens (tertiary/aromatic N) is 2. The second-order valence-electron chi connectivity index (χ2n) is 4.43. The number of benzene rings is 1. The summed E-state index contributed by atoms with van der Waals surface area (Å²) in [5.74, 6) is 0. The number of aryl methyl sites for hydroxylation is 2. The molecule has 0 spiro atoms. The average molecular weight is 287 g/mol. The third-order valence-electron chi connectivity index (χ3n) is 2.66. The molecule has 19 heavy (non-hydrogen) atoms. The maximum Gasteiger partial charge on any atom is 0.157 e. The van der Waals surface area contributed by atoms with Gasteiger partial charge in [0.1, 0.15) is 5.03 Å². The van der Waals surface area contributed by atoms with E-state index in [4.69, 9.17) is 5.73 Å². The quantitative estimate of drug-likeness (QED) is 0.723. The van der Waals surface area contributed by atoms with E-state index < -0.39 is 0 Å². The largest absolute Gasteiger partial charge is 0.399 e. The van der Waals surface area contributed by atoms with Crippen LogP contribution in [-0.2, 0) is 0 Å². The predicted octanol–water partition coefficient (Wildman–Crippen LogP) is 4.04. The van der Waals surface area contributed by atoms with E-state index in [1.807, 2.05) is 25.1 Å². The van der Waals surface area contributed by atoms with Crippen molar-refractivity contribution in [3.63, 3.8) is 0 Å². The van der Waals surface area contributed by atoms with Gasteiger partial charge in [-0.1, -0.05) is 0 Å². The predicted molar refractivity (Wildman–Crippen MR) is 81.9 cm³/mol. The highest BCUT2D eigenvalue weighted by molar-refractivity contribution is 8.01. The topological polar surface area (TPSA) is 51.8 Å². The zero-order valence-electron chi connectivity index (χ0n) is 10.7. The number of nitrogen functional groups attached to an aromatic ring is 1. The Kier molecular flexibility index (Phi) is 3.16. The standard InChI is InChI=1S/C14H13N3S2/c1-8-5-9(2)16-13(6-8)19-14-17-11-4-3-10(15)7-12(11)18-14/h3-7H,15H2,1-2H3. The number of nitrogens with two attached hydrogens (primary N) is 1. The molecule has 0 aliphatic heterocycles. The van der Waals surface area contributed by atoms with Crippen LogP contribution in [-0.4, -0.2) is 9.97 Å². The van der Waals surface area contributed by atoms with E-state index >= 15 is 0 Å². The highest BCUT2D eigenvalue weighted by Gasteiger charge is 2.07. The Balaban J connectivity index is 1.96. The number of anilines is 1. The van der Waals surface area contributed by atoms with Crippen LogP contribution >= 0.6 is 23.1 Å². The molecule has 0 atom stereocenters. The molecule has 3 rings (SSSR count). The van der Waals surface area contributed by atoms with Crippen molar-refractivity contribution in [1.29, 1.82) is 0 Å². The summed E-state index contributed by atoms with van der Waals surface area (Å²) in [7, 11) is 0. The number of pyridine rings is 1. The molecule has 0 fully saturated rings. The molecule has 0 saturated carbocycles. The molecule has 0 aliphatic rings. The molecule has 3 aromatic rings. The van der Waals surface area contributed by atoms with E-state index in [-0.39, 0.29) is 0 Å². The Bertz CT molecular complexity index is 729. The fourth-order valence-electron chi connectivity index (χ4n) is 1.91. The van der Waals surface area contributed by atoms with Gasteiger partial charge in [-0.2, -0.15) is 0 Å². The first-order valence-corrected chi connectivity index (χ1v) is 7.53. The van der Waals surface area contributed by atoms with Crippen LogP contribution in [0.4, 0.5) is 5.69 Å². The van der Waals surface area contributed by atoms with E-state index in [2.05, 4.69) is 29.0 Å². The minimum Gasteiger partial charge on any atom is -0.399 e. The molecule has 0 saturated heterocycles. The summed E-state index contributed by atoms with van der Waals surface area (Å²) in [5, 5.41) is 0.990. The maximum atomic E-state index is 5.79. The number of fused-ring (bicyclic) bond motifs is 1. The molecule has 0 amide bonds. The Morgan fingerprint density at radius 1 is 1.11 bits per heavy atom. The maximum absolute atomic E-state index is 5.79. The van der Waals surface area contributed by atoms with E-state index in [0.717, 1.165) is 31.0 Å². The second kappa shape index (κ2) is 4.83. The normalized spacial score (nSPS) is 11.1. The molecule has 0 aliphatic carbocycles. The first-order valence-electron chi connectivity index (χ1n) is 5.89. The van der Waals surface area contributed by atoms with Gasteiger partial charge in [0.2, 0.25) is 0 Å². The van der Waals surface area contributed by atoms with Gasteiger partial charge in [-0.3, -0.25) is 0 Å². The minimum atomic E-state index is 0.775. The summed E-state index contributed by atoms with van der Waals surface area (Å²) < 4.78 is 2.12. The van der Waals surface area contributed by atoms with Crippen molar-refractivity contribution in [2.24, 2.45) is 0 Å². The summed E-state index contributed by atoms with van der Waals surface area (Å²) in [5.41, 5.74) is 9.81. The van der Waals surface area contributed by atoms with Crippen molar-refractivity contribution in [3.8, 4) is 0 Å². The van der Waals surface area contributed by atoms with Gasteiger partial charge in [-0.05, 0) is 61.5 Å². The zero-order valence-corrected chi connectivity index (χ0v) is 12.3. The van der Waals surface area contributed by atoms with Crippen LogP contribution in [0.25, 0.3) is 10.2 Å². The van der Waals surface area contributed by atoms with Crippen LogP contribution in [0.3, 0.4) is 0 Å². The van der Waals surface area contributed by atoms with Crippen molar-refractivity contribution in [1.82, 2.24) is 9.97 Å². The molecule has 96 valence electrons. The van der Waals surface area contributed by atoms with Gasteiger partial charge in [-0.25, -0.2) is 9.97 Å². The van der Waals surface area contributed by atoms with Crippen LogP contribution in [0.15, 0.2) is 39.7 Å². The average Bonchev–Trinajstić information content (AvgIpc) is 2.68. The molecule has 2 heterocycles. The van der Waals surface area contributed by atoms with Gasteiger partial charge in [0.05, 0.1) is 10.2 Å². The summed E-state index contributed by atoms with van der Waals surface area (Å²) in [6.45, 7) is 4.09. The van der Waals surface area contributed by atoms with Crippen LogP contribution in [0.1, 0.15) is 11.3 Å². The minimum absolute atomic E-state index is 0.775. The van der Waals surface area contributed by atoms with Crippen LogP contribution in [0, 0.1) is 13.8 Å². The number of aromatic nitrogens is 2. The molecule has 3 nitrogen and oxygen atoms in total. The highest BCUT2D eigenvalue weighted by Crippen LogP contribution is 2.34. The molecule has 0 unspecified atom stereocenters. The summed E-state index contributed by atoms with van der Waals surface area (Å²) in [6, 6.07) is 9.96. The SMILES string of the molecule is Cc1cc(C)nc(Sc2nc3ccc(N)cc3s2)c1. The third-order valence-corrected chi connectivity index (χ3v) is 4.66. The summed E-state index contributed by atoms with van der Waals surface area (Å²) in [4.78, 5) is 9.12. The Morgan fingerprint density at radius 2 is 1.95 bits per heavy atom. The Hall–Kier alpha value is -1.59. The van der Waals surface area contributed by atoms with Crippen molar-refractivity contribution in [2.75, 3.05) is 5.73 Å². The van der Waals surface area contributed by atoms with Crippen molar-refractivity contribution in [3.05, 3.63) is 41.6 Å². The molecular formula is C14H13N3S2. The van der Waals surface area contributed by atoms with Gasteiger partial charge in [0.25, 0.3) is 0 Å². The van der Waals surface area contributed by atoms with E-state index in [1.165, 1.54) is 5.56 Å². The van der Waals surface area contributed by atoms with Crippen LogP contribution < -0.4 is 5.73 Å². The lowest BCUT2D eigenvalue weighted by molar-refractivity contribution is 1.04. The Labute approximate surface area is 119 Å². The molecule has 2 N–H and O–H groups in total. The fraction of sp³-hybridized carbons (Fsp3) is 0.143. The molecule has 1 aromatic carbocycles. The summed E-state index contributed by atoms with van der Waals surface area (Å²) in [6.07, 6.45) is 0. The zero-order chi connectivity index (χ0) is 13.4. The first-order chi connectivity index (χ1) is 9.10. The monoisotopic (exact) mass is 287 g/mol. The number of rotatable bonds is 2. The van der Waals surface area contributed by atoms with E-state index in [9.17, 15) is 0 Å². The van der Waals surface area contributed by atoms with Gasteiger partial charge in [0.15, 0.2) is 4.34 Å². The lowest BCUT2D eigenvalue weighted by atomic mass is 10.3. The number of thiazole rings is 1.